The predicted octanol–water partition coefficient (Wildman–Crippen LogP) is 3.98. The van der Waals surface area contributed by atoms with Crippen LogP contribution in [0.15, 0.2) is 28.7 Å². The largest absolute Gasteiger partial charge is 0.488 e. The lowest BCUT2D eigenvalue weighted by Gasteiger charge is -2.35. The molecule has 2 unspecified atom stereocenters. The van der Waals surface area contributed by atoms with E-state index in [0.717, 1.165) is 16.6 Å². The number of hydrogen-bond donors (Lipinski definition) is 1. The standard InChI is InChI=1S/C14H22BrNO/c1-5-12(16)13(14(2,3)4)17-11-8-6-10(15)7-9-11/h6-9,12-13H,5,16H2,1-4H3. The van der Waals surface area contributed by atoms with Crippen LogP contribution in [0.5, 0.6) is 5.75 Å². The summed E-state index contributed by atoms with van der Waals surface area (Å²) in [6.07, 6.45) is 0.937. The number of rotatable bonds is 4. The molecule has 0 bridgehead atoms. The molecule has 0 heterocycles. The van der Waals surface area contributed by atoms with Crippen LogP contribution >= 0.6 is 15.9 Å². The summed E-state index contributed by atoms with van der Waals surface area (Å²) in [6.45, 7) is 8.57. The van der Waals surface area contributed by atoms with Gasteiger partial charge in [0.15, 0.2) is 0 Å². The molecule has 0 radical (unpaired) electrons. The number of benzene rings is 1. The number of hydrogen-bond acceptors (Lipinski definition) is 2. The van der Waals surface area contributed by atoms with Gasteiger partial charge in [0, 0.05) is 15.9 Å². The van der Waals surface area contributed by atoms with Gasteiger partial charge in [0.2, 0.25) is 0 Å². The zero-order valence-corrected chi connectivity index (χ0v) is 12.6. The van der Waals surface area contributed by atoms with Gasteiger partial charge in [-0.15, -0.1) is 0 Å². The Balaban J connectivity index is 2.83. The van der Waals surface area contributed by atoms with Gasteiger partial charge in [-0.05, 0) is 30.7 Å². The van der Waals surface area contributed by atoms with E-state index in [2.05, 4.69) is 43.6 Å². The van der Waals surface area contributed by atoms with Crippen LogP contribution in [0.25, 0.3) is 0 Å². The number of nitrogens with two attached hydrogens (primary N) is 1. The Labute approximate surface area is 113 Å². The molecular weight excluding hydrogens is 278 g/mol. The van der Waals surface area contributed by atoms with Crippen molar-refractivity contribution in [2.24, 2.45) is 11.1 Å². The molecule has 0 aliphatic heterocycles. The highest BCUT2D eigenvalue weighted by Crippen LogP contribution is 2.28. The van der Waals surface area contributed by atoms with Crippen LogP contribution in [0.4, 0.5) is 0 Å². The van der Waals surface area contributed by atoms with Gasteiger partial charge in [-0.3, -0.25) is 0 Å². The molecule has 0 fully saturated rings. The summed E-state index contributed by atoms with van der Waals surface area (Å²) in [4.78, 5) is 0. The first-order valence-corrected chi connectivity index (χ1v) is 6.81. The lowest BCUT2D eigenvalue weighted by atomic mass is 9.84. The highest BCUT2D eigenvalue weighted by Gasteiger charge is 2.31. The van der Waals surface area contributed by atoms with E-state index in [1.807, 2.05) is 24.3 Å². The Kier molecular flexibility index (Phi) is 5.02. The summed E-state index contributed by atoms with van der Waals surface area (Å²) >= 11 is 3.41. The van der Waals surface area contributed by atoms with Crippen molar-refractivity contribution in [2.75, 3.05) is 0 Å². The fourth-order valence-electron chi connectivity index (χ4n) is 1.78. The summed E-state index contributed by atoms with van der Waals surface area (Å²) in [7, 11) is 0. The maximum atomic E-state index is 6.15. The van der Waals surface area contributed by atoms with Crippen LogP contribution in [0, 0.1) is 5.41 Å². The third kappa shape index (κ3) is 4.32. The predicted molar refractivity (Wildman–Crippen MR) is 76.3 cm³/mol. The monoisotopic (exact) mass is 299 g/mol. The van der Waals surface area contributed by atoms with E-state index >= 15 is 0 Å². The van der Waals surface area contributed by atoms with Crippen LogP contribution in [0.1, 0.15) is 34.1 Å². The summed E-state index contributed by atoms with van der Waals surface area (Å²) < 4.78 is 7.09. The zero-order valence-electron chi connectivity index (χ0n) is 11.0. The lowest BCUT2D eigenvalue weighted by molar-refractivity contribution is 0.0621. The number of halogens is 1. The summed E-state index contributed by atoms with van der Waals surface area (Å²) in [5.41, 5.74) is 6.18. The molecule has 0 amide bonds. The fraction of sp³-hybridized carbons (Fsp3) is 0.571. The van der Waals surface area contributed by atoms with Gasteiger partial charge in [-0.25, -0.2) is 0 Å². The minimum atomic E-state index is 0.0219. The molecule has 0 aromatic heterocycles. The van der Waals surface area contributed by atoms with Crippen LogP contribution in [-0.2, 0) is 0 Å². The summed E-state index contributed by atoms with van der Waals surface area (Å²) in [5, 5.41) is 0. The highest BCUT2D eigenvalue weighted by molar-refractivity contribution is 9.10. The average Bonchev–Trinajstić information content (AvgIpc) is 2.25. The van der Waals surface area contributed by atoms with Crippen molar-refractivity contribution < 1.29 is 4.74 Å². The smallest absolute Gasteiger partial charge is 0.119 e. The molecular formula is C14H22BrNO. The van der Waals surface area contributed by atoms with Crippen molar-refractivity contribution in [1.82, 2.24) is 0 Å². The first-order chi connectivity index (χ1) is 7.84. The van der Waals surface area contributed by atoms with Crippen molar-refractivity contribution >= 4 is 15.9 Å². The average molecular weight is 300 g/mol. The van der Waals surface area contributed by atoms with Crippen molar-refractivity contribution in [2.45, 2.75) is 46.3 Å². The van der Waals surface area contributed by atoms with Crippen molar-refractivity contribution in [1.29, 1.82) is 0 Å². The normalized spacial score (nSPS) is 15.4. The quantitative estimate of drug-likeness (QED) is 0.913. The molecule has 1 aromatic carbocycles. The van der Waals surface area contributed by atoms with E-state index in [1.54, 1.807) is 0 Å². The fourth-order valence-corrected chi connectivity index (χ4v) is 2.04. The molecule has 0 aliphatic carbocycles. The molecule has 17 heavy (non-hydrogen) atoms. The van der Waals surface area contributed by atoms with Crippen LogP contribution in [-0.4, -0.2) is 12.1 Å². The number of ether oxygens (including phenoxy) is 1. The van der Waals surface area contributed by atoms with Gasteiger partial charge < -0.3 is 10.5 Å². The van der Waals surface area contributed by atoms with E-state index in [-0.39, 0.29) is 17.6 Å². The second-order valence-corrected chi connectivity index (χ2v) is 6.35. The first-order valence-electron chi connectivity index (χ1n) is 6.02. The molecule has 0 saturated carbocycles. The van der Waals surface area contributed by atoms with E-state index < -0.39 is 0 Å². The van der Waals surface area contributed by atoms with E-state index in [0.29, 0.717) is 0 Å². The van der Waals surface area contributed by atoms with Crippen molar-refractivity contribution in [3.63, 3.8) is 0 Å². The van der Waals surface area contributed by atoms with Gasteiger partial charge in [0.05, 0.1) is 0 Å². The minimum Gasteiger partial charge on any atom is -0.488 e. The zero-order chi connectivity index (χ0) is 13.1. The first kappa shape index (κ1) is 14.5. The van der Waals surface area contributed by atoms with Gasteiger partial charge in [-0.2, -0.15) is 0 Å². The SMILES string of the molecule is CCC(N)C(Oc1ccc(Br)cc1)C(C)(C)C. The summed E-state index contributed by atoms with van der Waals surface area (Å²) in [6, 6.07) is 7.94. The topological polar surface area (TPSA) is 35.2 Å². The van der Waals surface area contributed by atoms with Gasteiger partial charge in [0.25, 0.3) is 0 Å². The molecule has 96 valence electrons. The third-order valence-electron chi connectivity index (χ3n) is 2.79. The van der Waals surface area contributed by atoms with Gasteiger partial charge >= 0.3 is 0 Å². The van der Waals surface area contributed by atoms with E-state index in [4.69, 9.17) is 10.5 Å². The molecule has 1 aromatic rings. The molecule has 0 aliphatic rings. The van der Waals surface area contributed by atoms with Crippen LogP contribution in [0.2, 0.25) is 0 Å². The maximum absolute atomic E-state index is 6.15. The van der Waals surface area contributed by atoms with Gasteiger partial charge in [-0.1, -0.05) is 43.6 Å². The maximum Gasteiger partial charge on any atom is 0.119 e. The minimum absolute atomic E-state index is 0.0219. The molecule has 0 spiro atoms. The Morgan fingerprint density at radius 1 is 1.24 bits per heavy atom. The highest BCUT2D eigenvalue weighted by atomic mass is 79.9. The summed E-state index contributed by atoms with van der Waals surface area (Å²) in [5.74, 6) is 0.872. The van der Waals surface area contributed by atoms with Crippen LogP contribution in [0.3, 0.4) is 0 Å². The molecule has 2 N–H and O–H groups in total. The van der Waals surface area contributed by atoms with E-state index in [1.165, 1.54) is 0 Å². The second kappa shape index (κ2) is 5.87. The third-order valence-corrected chi connectivity index (χ3v) is 3.32. The van der Waals surface area contributed by atoms with Crippen molar-refractivity contribution in [3.8, 4) is 5.75 Å². The second-order valence-electron chi connectivity index (χ2n) is 5.43. The molecule has 0 saturated heterocycles. The molecule has 1 rings (SSSR count). The van der Waals surface area contributed by atoms with Crippen molar-refractivity contribution in [3.05, 3.63) is 28.7 Å². The Morgan fingerprint density at radius 2 is 1.76 bits per heavy atom. The molecule has 3 heteroatoms. The Morgan fingerprint density at radius 3 is 2.18 bits per heavy atom. The Hall–Kier alpha value is -0.540. The lowest BCUT2D eigenvalue weighted by Crippen LogP contribution is -2.47. The van der Waals surface area contributed by atoms with E-state index in [9.17, 15) is 0 Å². The molecule has 2 nitrogen and oxygen atoms in total. The Bertz CT molecular complexity index is 342. The van der Waals surface area contributed by atoms with Gasteiger partial charge in [0.1, 0.15) is 11.9 Å². The molecule has 2 atom stereocenters. The van der Waals surface area contributed by atoms with Crippen LogP contribution < -0.4 is 10.5 Å².